The maximum absolute atomic E-state index is 4.15. The Hall–Kier alpha value is -0.260. The van der Waals surface area contributed by atoms with E-state index in [1.165, 1.54) is 44.1 Å². The molecule has 0 heterocycles. The second-order valence-electron chi connectivity index (χ2n) is 3.81. The molecule has 0 radical (unpaired) electrons. The monoisotopic (exact) mass is 168 g/mol. The van der Waals surface area contributed by atoms with Gasteiger partial charge in [-0.1, -0.05) is 52.2 Å². The van der Waals surface area contributed by atoms with E-state index in [2.05, 4.69) is 27.4 Å². The zero-order valence-electron chi connectivity index (χ0n) is 9.03. The van der Waals surface area contributed by atoms with Crippen LogP contribution in [0, 0.1) is 5.92 Å². The first-order valence-electron chi connectivity index (χ1n) is 5.40. The molecule has 0 saturated heterocycles. The topological polar surface area (TPSA) is 0 Å². The van der Waals surface area contributed by atoms with Gasteiger partial charge in [0.2, 0.25) is 0 Å². The minimum absolute atomic E-state index is 0.742. The Bertz CT molecular complexity index is 113. The molecule has 0 aliphatic rings. The molecule has 0 aliphatic heterocycles. The second kappa shape index (κ2) is 7.39. The van der Waals surface area contributed by atoms with Crippen molar-refractivity contribution in [2.75, 3.05) is 0 Å². The number of unbranched alkanes of at least 4 members (excludes halogenated alkanes) is 2. The highest BCUT2D eigenvalue weighted by molar-refractivity contribution is 4.98. The fraction of sp³-hybridized carbons (Fsp3) is 0.833. The molecule has 0 saturated carbocycles. The van der Waals surface area contributed by atoms with Crippen LogP contribution < -0.4 is 0 Å². The average Bonchev–Trinajstić information content (AvgIpc) is 2.05. The third kappa shape index (κ3) is 5.40. The van der Waals surface area contributed by atoms with Gasteiger partial charge in [0.1, 0.15) is 0 Å². The van der Waals surface area contributed by atoms with Crippen molar-refractivity contribution in [2.24, 2.45) is 5.92 Å². The molecule has 0 bridgehead atoms. The summed E-state index contributed by atoms with van der Waals surface area (Å²) < 4.78 is 0. The minimum Gasteiger partial charge on any atom is -0.0996 e. The van der Waals surface area contributed by atoms with Gasteiger partial charge in [0.05, 0.1) is 0 Å². The molecule has 0 aliphatic carbocycles. The molecular weight excluding hydrogens is 144 g/mol. The Kier molecular flexibility index (Phi) is 7.23. The first-order chi connectivity index (χ1) is 5.72. The zero-order chi connectivity index (χ0) is 9.40. The van der Waals surface area contributed by atoms with Crippen LogP contribution in [0.15, 0.2) is 12.2 Å². The van der Waals surface area contributed by atoms with Gasteiger partial charge in [0.15, 0.2) is 0 Å². The molecule has 0 N–H and O–H groups in total. The summed E-state index contributed by atoms with van der Waals surface area (Å²) >= 11 is 0. The van der Waals surface area contributed by atoms with Crippen LogP contribution in [-0.4, -0.2) is 0 Å². The Balaban J connectivity index is 3.43. The van der Waals surface area contributed by atoms with Crippen molar-refractivity contribution in [1.82, 2.24) is 0 Å². The van der Waals surface area contributed by atoms with Crippen LogP contribution in [0.2, 0.25) is 0 Å². The molecule has 0 nitrogen and oxygen atoms in total. The highest BCUT2D eigenvalue weighted by Crippen LogP contribution is 2.19. The molecule has 0 amide bonds. The predicted molar refractivity (Wildman–Crippen MR) is 57.4 cm³/mol. The van der Waals surface area contributed by atoms with Crippen LogP contribution in [-0.2, 0) is 0 Å². The van der Waals surface area contributed by atoms with Crippen LogP contribution >= 0.6 is 0 Å². The van der Waals surface area contributed by atoms with E-state index < -0.39 is 0 Å². The fourth-order valence-corrected chi connectivity index (χ4v) is 1.49. The smallest absolute Gasteiger partial charge is 0.0234 e. The van der Waals surface area contributed by atoms with Gasteiger partial charge in [-0.3, -0.25) is 0 Å². The lowest BCUT2D eigenvalue weighted by Crippen LogP contribution is -1.97. The van der Waals surface area contributed by atoms with E-state index in [4.69, 9.17) is 0 Å². The Morgan fingerprint density at radius 1 is 1.17 bits per heavy atom. The third-order valence-corrected chi connectivity index (χ3v) is 2.52. The van der Waals surface area contributed by atoms with Crippen molar-refractivity contribution in [3.63, 3.8) is 0 Å². The molecule has 0 rings (SSSR count). The summed E-state index contributed by atoms with van der Waals surface area (Å²) in [7, 11) is 0. The first kappa shape index (κ1) is 11.7. The molecule has 0 aromatic carbocycles. The Labute approximate surface area is 78.1 Å². The number of allylic oxidation sites excluding steroid dienone is 1. The van der Waals surface area contributed by atoms with Gasteiger partial charge in [0, 0.05) is 0 Å². The summed E-state index contributed by atoms with van der Waals surface area (Å²) in [6, 6.07) is 0. The largest absolute Gasteiger partial charge is 0.0996 e. The van der Waals surface area contributed by atoms with Gasteiger partial charge in [-0.05, 0) is 25.2 Å². The molecule has 72 valence electrons. The molecule has 0 aromatic rings. The van der Waals surface area contributed by atoms with Gasteiger partial charge in [-0.2, -0.15) is 0 Å². The van der Waals surface area contributed by atoms with Crippen molar-refractivity contribution in [3.05, 3.63) is 12.2 Å². The van der Waals surface area contributed by atoms with Gasteiger partial charge in [0.25, 0.3) is 0 Å². The summed E-state index contributed by atoms with van der Waals surface area (Å²) in [4.78, 5) is 0. The van der Waals surface area contributed by atoms with E-state index in [0.29, 0.717) is 0 Å². The number of rotatable bonds is 7. The summed E-state index contributed by atoms with van der Waals surface area (Å²) in [5.41, 5.74) is 1.46. The van der Waals surface area contributed by atoms with Crippen molar-refractivity contribution < 1.29 is 0 Å². The summed E-state index contributed by atoms with van der Waals surface area (Å²) in [6.07, 6.45) is 7.85. The highest BCUT2D eigenvalue weighted by Gasteiger charge is 2.04. The van der Waals surface area contributed by atoms with Crippen LogP contribution in [0.5, 0.6) is 0 Å². The Morgan fingerprint density at radius 2 is 1.83 bits per heavy atom. The first-order valence-corrected chi connectivity index (χ1v) is 5.40. The highest BCUT2D eigenvalue weighted by atomic mass is 14.1. The summed E-state index contributed by atoms with van der Waals surface area (Å²) in [6.45, 7) is 10.9. The number of hydrogen-bond donors (Lipinski definition) is 0. The van der Waals surface area contributed by atoms with Crippen LogP contribution in [0.1, 0.15) is 59.3 Å². The molecule has 1 unspecified atom stereocenters. The quantitative estimate of drug-likeness (QED) is 0.386. The van der Waals surface area contributed by atoms with Gasteiger partial charge in [-0.25, -0.2) is 0 Å². The zero-order valence-corrected chi connectivity index (χ0v) is 9.03. The lowest BCUT2D eigenvalue weighted by molar-refractivity contribution is 0.565. The SMILES string of the molecule is C=C(CCCCC)C(C)CCC. The van der Waals surface area contributed by atoms with Crippen molar-refractivity contribution in [3.8, 4) is 0 Å². The van der Waals surface area contributed by atoms with E-state index >= 15 is 0 Å². The number of hydrogen-bond acceptors (Lipinski definition) is 0. The lowest BCUT2D eigenvalue weighted by atomic mass is 9.93. The second-order valence-corrected chi connectivity index (χ2v) is 3.81. The minimum atomic E-state index is 0.742. The van der Waals surface area contributed by atoms with Gasteiger partial charge < -0.3 is 0 Å². The Morgan fingerprint density at radius 3 is 2.33 bits per heavy atom. The van der Waals surface area contributed by atoms with Crippen LogP contribution in [0.3, 0.4) is 0 Å². The molecule has 0 aromatic heterocycles. The van der Waals surface area contributed by atoms with E-state index in [1.807, 2.05) is 0 Å². The van der Waals surface area contributed by atoms with Crippen molar-refractivity contribution >= 4 is 0 Å². The van der Waals surface area contributed by atoms with E-state index in [1.54, 1.807) is 0 Å². The molecule has 12 heavy (non-hydrogen) atoms. The molecule has 0 spiro atoms. The van der Waals surface area contributed by atoms with Crippen molar-refractivity contribution in [1.29, 1.82) is 0 Å². The maximum Gasteiger partial charge on any atom is -0.0234 e. The molecule has 0 fully saturated rings. The van der Waals surface area contributed by atoms with Gasteiger partial charge >= 0.3 is 0 Å². The average molecular weight is 168 g/mol. The lowest BCUT2D eigenvalue weighted by Gasteiger charge is -2.13. The van der Waals surface area contributed by atoms with E-state index in [-0.39, 0.29) is 0 Å². The third-order valence-electron chi connectivity index (χ3n) is 2.52. The van der Waals surface area contributed by atoms with Crippen molar-refractivity contribution in [2.45, 2.75) is 59.3 Å². The van der Waals surface area contributed by atoms with E-state index in [0.717, 1.165) is 5.92 Å². The molecule has 0 heteroatoms. The summed E-state index contributed by atoms with van der Waals surface area (Å²) in [5.74, 6) is 0.742. The van der Waals surface area contributed by atoms with Gasteiger partial charge in [-0.15, -0.1) is 0 Å². The maximum atomic E-state index is 4.15. The summed E-state index contributed by atoms with van der Waals surface area (Å²) in [5, 5.41) is 0. The molecule has 1 atom stereocenters. The predicted octanol–water partition coefficient (Wildman–Crippen LogP) is 4.56. The van der Waals surface area contributed by atoms with Crippen LogP contribution in [0.25, 0.3) is 0 Å². The standard InChI is InChI=1S/C12H24/c1-5-7-8-10-12(4)11(3)9-6-2/h11H,4-10H2,1-3H3. The van der Waals surface area contributed by atoms with E-state index in [9.17, 15) is 0 Å². The normalized spacial score (nSPS) is 12.9. The molecular formula is C12H24. The fourth-order valence-electron chi connectivity index (χ4n) is 1.49. The van der Waals surface area contributed by atoms with Crippen LogP contribution in [0.4, 0.5) is 0 Å².